The van der Waals surface area contributed by atoms with Crippen LogP contribution in [0.3, 0.4) is 0 Å². The van der Waals surface area contributed by atoms with Crippen molar-refractivity contribution in [1.82, 2.24) is 0 Å². The monoisotopic (exact) mass is 646 g/mol. The number of pyridine rings is 2. The van der Waals surface area contributed by atoms with Crippen molar-refractivity contribution in [2.75, 3.05) is 0 Å². The molecule has 0 unspecified atom stereocenters. The summed E-state index contributed by atoms with van der Waals surface area (Å²) in [5.74, 6) is 0.428. The number of benzene rings is 6. The van der Waals surface area contributed by atoms with Gasteiger partial charge in [-0.1, -0.05) is 83.1 Å². The van der Waals surface area contributed by atoms with Crippen molar-refractivity contribution >= 4 is 54.3 Å². The van der Waals surface area contributed by atoms with E-state index in [1.807, 2.05) is 6.07 Å². The molecule has 3 heteroatoms. The molecule has 3 nitrogen and oxygen atoms in total. The fraction of sp³-hybridized carbons (Fsp3) is 0.149. The Morgan fingerprint density at radius 2 is 1.02 bits per heavy atom. The third kappa shape index (κ3) is 4.16. The second-order valence-electron chi connectivity index (χ2n) is 15.3. The SMILES string of the molecule is CC(C)c1ccc2c(c1)c1cc3c(cc1c1ccc(C(C)(C)C)cc21)-c1cc2oc4ccccc4c2cc1-c1cccc[n+]1-[n+]1ccccc1-3. The Bertz CT molecular complexity index is 2880. The molecule has 0 radical (unpaired) electrons. The van der Waals surface area contributed by atoms with E-state index in [1.54, 1.807) is 0 Å². The lowest BCUT2D eigenvalue weighted by Gasteiger charge is -2.22. The predicted octanol–water partition coefficient (Wildman–Crippen LogP) is 11.7. The Morgan fingerprint density at radius 1 is 0.460 bits per heavy atom. The lowest BCUT2D eigenvalue weighted by molar-refractivity contribution is -1.29. The third-order valence-electron chi connectivity index (χ3n) is 10.9. The van der Waals surface area contributed by atoms with Crippen LogP contribution in [0.4, 0.5) is 0 Å². The molecule has 0 bridgehead atoms. The van der Waals surface area contributed by atoms with Crippen LogP contribution in [-0.4, -0.2) is 0 Å². The average molecular weight is 647 g/mol. The summed E-state index contributed by atoms with van der Waals surface area (Å²) in [5.41, 5.74) is 11.5. The van der Waals surface area contributed by atoms with Gasteiger partial charge in [-0.05, 0) is 109 Å². The molecule has 0 amide bonds. The van der Waals surface area contributed by atoms with Gasteiger partial charge in [0.05, 0.1) is 20.5 Å². The summed E-state index contributed by atoms with van der Waals surface area (Å²) >= 11 is 0. The highest BCUT2D eigenvalue weighted by Crippen LogP contribution is 2.47. The first-order chi connectivity index (χ1) is 24.2. The molecule has 1 aliphatic rings. The fourth-order valence-corrected chi connectivity index (χ4v) is 8.20. The molecule has 3 aromatic heterocycles. The molecule has 9 aromatic rings. The van der Waals surface area contributed by atoms with Crippen molar-refractivity contribution < 1.29 is 13.8 Å². The zero-order valence-electron chi connectivity index (χ0n) is 29.1. The van der Waals surface area contributed by atoms with Gasteiger partial charge in [-0.25, -0.2) is 0 Å². The minimum absolute atomic E-state index is 0.0439. The van der Waals surface area contributed by atoms with E-state index in [9.17, 15) is 0 Å². The topological polar surface area (TPSA) is 20.9 Å². The molecule has 0 fully saturated rings. The van der Waals surface area contributed by atoms with Crippen LogP contribution in [0.15, 0.2) is 138 Å². The van der Waals surface area contributed by atoms with Crippen molar-refractivity contribution in [2.45, 2.75) is 46.0 Å². The summed E-state index contributed by atoms with van der Waals surface area (Å²) < 4.78 is 11.1. The lowest BCUT2D eigenvalue weighted by atomic mass is 9.82. The minimum Gasteiger partial charge on any atom is -0.456 e. The van der Waals surface area contributed by atoms with Crippen LogP contribution < -0.4 is 9.35 Å². The first kappa shape index (κ1) is 29.1. The maximum Gasteiger partial charge on any atom is 0.284 e. The van der Waals surface area contributed by atoms with Gasteiger partial charge in [0.25, 0.3) is 11.4 Å². The number of para-hydroxylation sites is 1. The number of rotatable bonds is 1. The van der Waals surface area contributed by atoms with Gasteiger partial charge in [-0.2, -0.15) is 0 Å². The van der Waals surface area contributed by atoms with Crippen LogP contribution in [-0.2, 0) is 5.41 Å². The van der Waals surface area contributed by atoms with Crippen molar-refractivity contribution in [1.29, 1.82) is 0 Å². The number of furan rings is 1. The van der Waals surface area contributed by atoms with E-state index < -0.39 is 0 Å². The molecule has 0 saturated heterocycles. The molecule has 1 aliphatic heterocycles. The van der Waals surface area contributed by atoms with Gasteiger partial charge in [0.15, 0.2) is 0 Å². The van der Waals surface area contributed by atoms with Gasteiger partial charge in [0, 0.05) is 40.6 Å². The van der Waals surface area contributed by atoms with Gasteiger partial charge < -0.3 is 4.42 Å². The van der Waals surface area contributed by atoms with E-state index >= 15 is 0 Å². The number of hydrogen-bond acceptors (Lipinski definition) is 1. The summed E-state index contributed by atoms with van der Waals surface area (Å²) in [4.78, 5) is 0. The highest BCUT2D eigenvalue weighted by Gasteiger charge is 2.34. The molecule has 0 spiro atoms. The maximum absolute atomic E-state index is 6.55. The van der Waals surface area contributed by atoms with Crippen LogP contribution in [0.5, 0.6) is 0 Å². The summed E-state index contributed by atoms with van der Waals surface area (Å²) in [6.45, 7) is 11.5. The first-order valence-electron chi connectivity index (χ1n) is 17.7. The Hall–Kier alpha value is -5.80. The molecular formula is C47H38N2O+2. The molecule has 0 N–H and O–H groups in total. The molecule has 0 aliphatic carbocycles. The molecule has 240 valence electrons. The Morgan fingerprint density at radius 3 is 1.72 bits per heavy atom. The summed E-state index contributed by atoms with van der Waals surface area (Å²) in [6, 6.07) is 45.2. The summed E-state index contributed by atoms with van der Waals surface area (Å²) in [7, 11) is 0. The van der Waals surface area contributed by atoms with Gasteiger partial charge in [0.1, 0.15) is 11.2 Å². The van der Waals surface area contributed by atoms with Crippen LogP contribution in [0.25, 0.3) is 87.9 Å². The second-order valence-corrected chi connectivity index (χ2v) is 15.3. The Kier molecular flexibility index (Phi) is 6.04. The average Bonchev–Trinajstić information content (AvgIpc) is 3.50. The molecule has 4 heterocycles. The number of hydrogen-bond donors (Lipinski definition) is 0. The van der Waals surface area contributed by atoms with Gasteiger partial charge in [0.2, 0.25) is 12.4 Å². The van der Waals surface area contributed by atoms with Gasteiger partial charge in [-0.3, -0.25) is 0 Å². The van der Waals surface area contributed by atoms with Crippen molar-refractivity contribution in [3.63, 3.8) is 0 Å². The van der Waals surface area contributed by atoms with E-state index in [2.05, 4.69) is 172 Å². The third-order valence-corrected chi connectivity index (χ3v) is 10.9. The largest absolute Gasteiger partial charge is 0.456 e. The van der Waals surface area contributed by atoms with Crippen molar-refractivity contribution in [2.24, 2.45) is 0 Å². The van der Waals surface area contributed by atoms with E-state index in [4.69, 9.17) is 4.42 Å². The van der Waals surface area contributed by atoms with Crippen molar-refractivity contribution in [3.8, 4) is 33.6 Å². The smallest absolute Gasteiger partial charge is 0.284 e. The van der Waals surface area contributed by atoms with Crippen LogP contribution in [0, 0.1) is 0 Å². The molecule has 10 rings (SSSR count). The Balaban J connectivity index is 1.42. The molecule has 6 aromatic carbocycles. The van der Waals surface area contributed by atoms with E-state index in [0.29, 0.717) is 5.92 Å². The van der Waals surface area contributed by atoms with E-state index in [0.717, 1.165) is 33.3 Å². The highest BCUT2D eigenvalue weighted by atomic mass is 16.3. The maximum atomic E-state index is 6.55. The number of nitrogens with zero attached hydrogens (tertiary/aromatic N) is 2. The van der Waals surface area contributed by atoms with Crippen molar-refractivity contribution in [3.05, 3.63) is 145 Å². The summed E-state index contributed by atoms with van der Waals surface area (Å²) in [6.07, 6.45) is 4.34. The standard InChI is InChI=1S/C47H38N2O/c1-28(2)29-16-18-31-34(22-29)37-25-40-38(24-36(37)32-19-17-30(23-35(31)32)47(3,4)5)39-27-46-42(33-12-6-7-15-45(33)50-46)26-41(39)44-14-9-11-21-49(44)48-20-10-8-13-43(40)48/h6-28H,1-5H3/q+2. The highest BCUT2D eigenvalue weighted by molar-refractivity contribution is 6.27. The Labute approximate surface area is 291 Å². The van der Waals surface area contributed by atoms with Gasteiger partial charge >= 0.3 is 0 Å². The quantitative estimate of drug-likeness (QED) is 0.128. The van der Waals surface area contributed by atoms with E-state index in [1.165, 1.54) is 65.7 Å². The first-order valence-corrected chi connectivity index (χ1v) is 17.7. The van der Waals surface area contributed by atoms with Crippen LogP contribution >= 0.6 is 0 Å². The lowest BCUT2D eigenvalue weighted by Crippen LogP contribution is -2.68. The summed E-state index contributed by atoms with van der Waals surface area (Å²) in [5, 5.41) is 10.0. The van der Waals surface area contributed by atoms with Crippen LogP contribution in [0.2, 0.25) is 0 Å². The molecule has 0 saturated carbocycles. The van der Waals surface area contributed by atoms with E-state index in [-0.39, 0.29) is 5.41 Å². The zero-order chi connectivity index (χ0) is 33.9. The number of aromatic nitrogens is 2. The zero-order valence-corrected chi connectivity index (χ0v) is 29.1. The normalized spacial score (nSPS) is 12.7. The molecule has 50 heavy (non-hydrogen) atoms. The second kappa shape index (κ2) is 10.4. The fourth-order valence-electron chi connectivity index (χ4n) is 8.20. The number of fused-ring (bicyclic) bond motifs is 17. The molecular weight excluding hydrogens is 609 g/mol. The van der Waals surface area contributed by atoms with Crippen LogP contribution in [0.1, 0.15) is 51.7 Å². The minimum atomic E-state index is 0.0439. The molecule has 0 atom stereocenters. The van der Waals surface area contributed by atoms with Gasteiger partial charge in [-0.15, -0.1) is 0 Å². The predicted molar refractivity (Wildman–Crippen MR) is 207 cm³/mol.